The first-order valence-electron chi connectivity index (χ1n) is 6.70. The van der Waals surface area contributed by atoms with Crippen molar-refractivity contribution < 1.29 is 14.3 Å². The molecular weight excluding hydrogens is 244 g/mol. The second kappa shape index (κ2) is 4.81. The first-order valence-corrected chi connectivity index (χ1v) is 6.70. The van der Waals surface area contributed by atoms with Gasteiger partial charge in [0.05, 0.1) is 24.0 Å². The predicted octanol–water partition coefficient (Wildman–Crippen LogP) is 1.48. The number of likely N-dealkylation sites (tertiary alicyclic amines) is 1. The lowest BCUT2D eigenvalue weighted by Crippen LogP contribution is -2.39. The van der Waals surface area contributed by atoms with Crippen LogP contribution in [0.5, 0.6) is 5.75 Å². The summed E-state index contributed by atoms with van der Waals surface area (Å²) >= 11 is 0. The highest BCUT2D eigenvalue weighted by atomic mass is 16.6. The molecule has 0 saturated carbocycles. The van der Waals surface area contributed by atoms with Gasteiger partial charge in [-0.05, 0) is 26.3 Å². The molecule has 3 rings (SSSR count). The fourth-order valence-corrected chi connectivity index (χ4v) is 2.42. The van der Waals surface area contributed by atoms with Crippen LogP contribution in [-0.2, 0) is 4.74 Å². The molecular formula is C14H18N2O3. The average molecular weight is 262 g/mol. The molecule has 0 radical (unpaired) electrons. The molecule has 0 unspecified atom stereocenters. The van der Waals surface area contributed by atoms with Crippen molar-refractivity contribution in [2.45, 2.75) is 38.6 Å². The van der Waals surface area contributed by atoms with Crippen molar-refractivity contribution >= 4 is 5.91 Å². The maximum absolute atomic E-state index is 12.4. The lowest BCUT2D eigenvalue weighted by Gasteiger charge is -2.24. The molecule has 5 heteroatoms. The fourth-order valence-electron chi connectivity index (χ4n) is 2.42. The zero-order chi connectivity index (χ0) is 13.4. The number of epoxide rings is 1. The Kier molecular flexibility index (Phi) is 3.14. The van der Waals surface area contributed by atoms with Gasteiger partial charge in [0, 0.05) is 19.3 Å². The molecule has 2 saturated heterocycles. The summed E-state index contributed by atoms with van der Waals surface area (Å²) in [6, 6.07) is 1.76. The van der Waals surface area contributed by atoms with Crippen molar-refractivity contribution in [3.63, 3.8) is 0 Å². The molecule has 102 valence electrons. The summed E-state index contributed by atoms with van der Waals surface area (Å²) in [6.07, 6.45) is 4.87. The number of rotatable bonds is 3. The van der Waals surface area contributed by atoms with Gasteiger partial charge >= 0.3 is 0 Å². The molecule has 2 fully saturated rings. The van der Waals surface area contributed by atoms with Gasteiger partial charge in [0.2, 0.25) is 0 Å². The lowest BCUT2D eigenvalue weighted by atomic mass is 10.1. The van der Waals surface area contributed by atoms with Crippen LogP contribution in [-0.4, -0.2) is 47.2 Å². The van der Waals surface area contributed by atoms with Gasteiger partial charge in [-0.3, -0.25) is 9.78 Å². The summed E-state index contributed by atoms with van der Waals surface area (Å²) in [5.41, 5.74) is 0.581. The Morgan fingerprint density at radius 3 is 3.05 bits per heavy atom. The summed E-state index contributed by atoms with van der Waals surface area (Å²) in [4.78, 5) is 18.3. The number of nitrogens with zero attached hydrogens (tertiary/aromatic N) is 2. The molecule has 0 bridgehead atoms. The summed E-state index contributed by atoms with van der Waals surface area (Å²) in [6.45, 7) is 5.35. The molecule has 0 aliphatic carbocycles. The maximum Gasteiger partial charge on any atom is 0.255 e. The van der Waals surface area contributed by atoms with Crippen LogP contribution in [0.15, 0.2) is 18.5 Å². The zero-order valence-corrected chi connectivity index (χ0v) is 11.2. The summed E-state index contributed by atoms with van der Waals surface area (Å²) < 4.78 is 11.0. The number of carbonyl (C=O) groups is 1. The van der Waals surface area contributed by atoms with Gasteiger partial charge in [0.15, 0.2) is 0 Å². The van der Waals surface area contributed by atoms with Crippen LogP contribution in [0.25, 0.3) is 0 Å². The first-order chi connectivity index (χ1) is 9.13. The molecule has 1 aromatic heterocycles. The second-order valence-corrected chi connectivity index (χ2v) is 5.33. The Hall–Kier alpha value is -1.62. The smallest absolute Gasteiger partial charge is 0.255 e. The van der Waals surface area contributed by atoms with E-state index in [0.717, 1.165) is 13.0 Å². The van der Waals surface area contributed by atoms with E-state index >= 15 is 0 Å². The summed E-state index contributed by atoms with van der Waals surface area (Å²) in [7, 11) is 0. The number of amides is 1. The van der Waals surface area contributed by atoms with Gasteiger partial charge in [-0.1, -0.05) is 0 Å². The van der Waals surface area contributed by atoms with Crippen LogP contribution in [0.3, 0.4) is 0 Å². The van der Waals surface area contributed by atoms with E-state index in [0.29, 0.717) is 24.0 Å². The normalized spacial score (nSPS) is 25.1. The van der Waals surface area contributed by atoms with E-state index in [2.05, 4.69) is 4.98 Å². The van der Waals surface area contributed by atoms with E-state index < -0.39 is 0 Å². The Morgan fingerprint density at radius 1 is 1.47 bits per heavy atom. The van der Waals surface area contributed by atoms with Gasteiger partial charge in [-0.15, -0.1) is 0 Å². The van der Waals surface area contributed by atoms with E-state index in [1.807, 2.05) is 18.7 Å². The lowest BCUT2D eigenvalue weighted by molar-refractivity contribution is 0.0735. The number of carbonyl (C=O) groups excluding carboxylic acids is 1. The van der Waals surface area contributed by atoms with E-state index in [1.165, 1.54) is 0 Å². The topological polar surface area (TPSA) is 55.0 Å². The third-order valence-electron chi connectivity index (χ3n) is 3.39. The van der Waals surface area contributed by atoms with Crippen LogP contribution >= 0.6 is 0 Å². The van der Waals surface area contributed by atoms with Crippen LogP contribution in [0.4, 0.5) is 0 Å². The molecule has 1 amide bonds. The van der Waals surface area contributed by atoms with Gasteiger partial charge in [0.1, 0.15) is 11.9 Å². The minimum Gasteiger partial charge on any atom is -0.489 e. The number of hydrogen-bond acceptors (Lipinski definition) is 4. The van der Waals surface area contributed by atoms with Crippen molar-refractivity contribution in [1.82, 2.24) is 9.88 Å². The molecule has 3 heterocycles. The fraction of sp³-hybridized carbons (Fsp3) is 0.571. The minimum absolute atomic E-state index is 0.00987. The van der Waals surface area contributed by atoms with Gasteiger partial charge in [-0.25, -0.2) is 0 Å². The Balaban J connectivity index is 1.71. The van der Waals surface area contributed by atoms with Gasteiger partial charge in [0.25, 0.3) is 5.91 Å². The number of piperidine rings is 1. The van der Waals surface area contributed by atoms with Crippen LogP contribution in [0, 0.1) is 0 Å². The molecule has 5 nitrogen and oxygen atoms in total. The second-order valence-electron chi connectivity index (χ2n) is 5.33. The third-order valence-corrected chi connectivity index (χ3v) is 3.39. The van der Waals surface area contributed by atoms with Gasteiger partial charge < -0.3 is 14.4 Å². The molecule has 2 aliphatic rings. The molecule has 0 N–H and O–H groups in total. The quantitative estimate of drug-likeness (QED) is 0.774. The number of ether oxygens (including phenoxy) is 2. The number of aromatic nitrogens is 1. The number of fused-ring (bicyclic) bond motifs is 1. The largest absolute Gasteiger partial charge is 0.489 e. The minimum atomic E-state index is 0.00987. The highest BCUT2D eigenvalue weighted by Gasteiger charge is 2.44. The molecule has 19 heavy (non-hydrogen) atoms. The van der Waals surface area contributed by atoms with E-state index in [4.69, 9.17) is 9.47 Å². The standard InChI is InChI=1S/C14H18N2O3/c1-9(2)18-11-5-10(6-15-7-11)14(17)16-4-3-12-13(8-16)19-12/h5-7,9,12-13H,3-4,8H2,1-2H3/t12-,13+/m0/s1. The maximum atomic E-state index is 12.4. The molecule has 2 aliphatic heterocycles. The average Bonchev–Trinajstić information content (AvgIpc) is 3.15. The van der Waals surface area contributed by atoms with Crippen molar-refractivity contribution in [2.75, 3.05) is 13.1 Å². The van der Waals surface area contributed by atoms with Crippen molar-refractivity contribution in [3.8, 4) is 5.75 Å². The van der Waals surface area contributed by atoms with E-state index in [-0.39, 0.29) is 18.1 Å². The van der Waals surface area contributed by atoms with Crippen molar-refractivity contribution in [3.05, 3.63) is 24.0 Å². The molecule has 0 spiro atoms. The van der Waals surface area contributed by atoms with Crippen LogP contribution in [0.1, 0.15) is 30.6 Å². The highest BCUT2D eigenvalue weighted by molar-refractivity contribution is 5.94. The third kappa shape index (κ3) is 2.71. The summed E-state index contributed by atoms with van der Waals surface area (Å²) in [5.74, 6) is 0.647. The highest BCUT2D eigenvalue weighted by Crippen LogP contribution is 2.31. The zero-order valence-electron chi connectivity index (χ0n) is 11.2. The Morgan fingerprint density at radius 2 is 2.32 bits per heavy atom. The van der Waals surface area contributed by atoms with E-state index in [9.17, 15) is 4.79 Å². The Bertz CT molecular complexity index is 489. The van der Waals surface area contributed by atoms with Crippen molar-refractivity contribution in [1.29, 1.82) is 0 Å². The monoisotopic (exact) mass is 262 g/mol. The predicted molar refractivity (Wildman–Crippen MR) is 69.2 cm³/mol. The molecule has 2 atom stereocenters. The number of pyridine rings is 1. The number of hydrogen-bond donors (Lipinski definition) is 0. The summed E-state index contributed by atoms with van der Waals surface area (Å²) in [5, 5.41) is 0. The first kappa shape index (κ1) is 12.4. The Labute approximate surface area is 112 Å². The van der Waals surface area contributed by atoms with Crippen LogP contribution < -0.4 is 4.74 Å². The van der Waals surface area contributed by atoms with Crippen LogP contribution in [0.2, 0.25) is 0 Å². The molecule has 0 aromatic carbocycles. The molecule has 1 aromatic rings. The van der Waals surface area contributed by atoms with E-state index in [1.54, 1.807) is 18.5 Å². The van der Waals surface area contributed by atoms with Gasteiger partial charge in [-0.2, -0.15) is 0 Å². The van der Waals surface area contributed by atoms with Crippen molar-refractivity contribution in [2.24, 2.45) is 0 Å². The SMILES string of the molecule is CC(C)Oc1cncc(C(=O)N2CC[C@@H]3O[C@@H]3C2)c1.